The second-order valence-electron chi connectivity index (χ2n) is 4.67. The van der Waals surface area contributed by atoms with Gasteiger partial charge in [0.05, 0.1) is 18.3 Å². The van der Waals surface area contributed by atoms with Crippen molar-refractivity contribution >= 4 is 5.91 Å². The zero-order valence-corrected chi connectivity index (χ0v) is 8.45. The fraction of sp³-hybridized carbons (Fsp3) is 0.900. The van der Waals surface area contributed by atoms with Crippen LogP contribution in [0.4, 0.5) is 0 Å². The Hall–Kier alpha value is -0.610. The summed E-state index contributed by atoms with van der Waals surface area (Å²) in [4.78, 5) is 13.9. The lowest BCUT2D eigenvalue weighted by Gasteiger charge is -2.39. The topological polar surface area (TPSA) is 41.6 Å². The Morgan fingerprint density at radius 3 is 2.71 bits per heavy atom. The SMILES string of the molecule is COC1CC(N2CNC3(CC3)C2=O)C1. The molecule has 78 valence electrons. The number of rotatable bonds is 2. The van der Waals surface area contributed by atoms with Gasteiger partial charge in [0.1, 0.15) is 0 Å². The van der Waals surface area contributed by atoms with E-state index >= 15 is 0 Å². The van der Waals surface area contributed by atoms with Crippen molar-refractivity contribution < 1.29 is 9.53 Å². The predicted octanol–water partition coefficient (Wildman–Crippen LogP) is 0.0857. The van der Waals surface area contributed by atoms with Gasteiger partial charge in [-0.3, -0.25) is 10.1 Å². The average molecular weight is 196 g/mol. The highest BCUT2D eigenvalue weighted by Gasteiger charge is 2.57. The standard InChI is InChI=1S/C10H16N2O2/c1-14-8-4-7(5-8)12-6-11-10(2-3-10)9(12)13/h7-8,11H,2-6H2,1H3. The summed E-state index contributed by atoms with van der Waals surface area (Å²) in [5, 5.41) is 3.32. The second kappa shape index (κ2) is 2.70. The molecule has 0 atom stereocenters. The lowest BCUT2D eigenvalue weighted by molar-refractivity contribution is -0.136. The maximum atomic E-state index is 11.9. The third-order valence-corrected chi connectivity index (χ3v) is 3.85. The van der Waals surface area contributed by atoms with Crippen molar-refractivity contribution in [2.45, 2.75) is 43.4 Å². The van der Waals surface area contributed by atoms with Gasteiger partial charge in [-0.2, -0.15) is 0 Å². The smallest absolute Gasteiger partial charge is 0.244 e. The van der Waals surface area contributed by atoms with Crippen LogP contribution in [0.3, 0.4) is 0 Å². The van der Waals surface area contributed by atoms with E-state index in [4.69, 9.17) is 4.74 Å². The molecule has 0 radical (unpaired) electrons. The quantitative estimate of drug-likeness (QED) is 0.680. The maximum Gasteiger partial charge on any atom is 0.244 e. The van der Waals surface area contributed by atoms with Gasteiger partial charge in [0.2, 0.25) is 5.91 Å². The number of hydrogen-bond donors (Lipinski definition) is 1. The van der Waals surface area contributed by atoms with Gasteiger partial charge >= 0.3 is 0 Å². The number of carbonyl (C=O) groups excluding carboxylic acids is 1. The molecule has 1 spiro atoms. The third kappa shape index (κ3) is 1.04. The van der Waals surface area contributed by atoms with Crippen LogP contribution in [0.5, 0.6) is 0 Å². The minimum atomic E-state index is -0.127. The molecule has 4 nitrogen and oxygen atoms in total. The van der Waals surface area contributed by atoms with Crippen LogP contribution in [-0.4, -0.2) is 42.3 Å². The predicted molar refractivity (Wildman–Crippen MR) is 50.6 cm³/mol. The summed E-state index contributed by atoms with van der Waals surface area (Å²) >= 11 is 0. The van der Waals surface area contributed by atoms with Crippen molar-refractivity contribution in [2.24, 2.45) is 0 Å². The molecule has 3 fully saturated rings. The first-order valence-corrected chi connectivity index (χ1v) is 5.34. The van der Waals surface area contributed by atoms with Gasteiger partial charge in [-0.1, -0.05) is 0 Å². The van der Waals surface area contributed by atoms with Gasteiger partial charge < -0.3 is 9.64 Å². The van der Waals surface area contributed by atoms with Crippen LogP contribution in [0.25, 0.3) is 0 Å². The third-order valence-electron chi connectivity index (χ3n) is 3.85. The molecule has 1 aliphatic heterocycles. The molecule has 1 amide bonds. The molecule has 4 heteroatoms. The van der Waals surface area contributed by atoms with Crippen molar-refractivity contribution in [1.82, 2.24) is 10.2 Å². The molecule has 2 aliphatic carbocycles. The van der Waals surface area contributed by atoms with Gasteiger partial charge in [-0.25, -0.2) is 0 Å². The highest BCUT2D eigenvalue weighted by atomic mass is 16.5. The lowest BCUT2D eigenvalue weighted by Crippen LogP contribution is -2.49. The number of methoxy groups -OCH3 is 1. The summed E-state index contributed by atoms with van der Waals surface area (Å²) in [6.07, 6.45) is 4.47. The molecule has 0 aromatic heterocycles. The van der Waals surface area contributed by atoms with E-state index in [1.165, 1.54) is 0 Å². The molecular formula is C10H16N2O2. The van der Waals surface area contributed by atoms with Crippen LogP contribution in [0.15, 0.2) is 0 Å². The summed E-state index contributed by atoms with van der Waals surface area (Å²) in [6, 6.07) is 0.430. The van der Waals surface area contributed by atoms with Crippen molar-refractivity contribution in [2.75, 3.05) is 13.8 Å². The highest BCUT2D eigenvalue weighted by molar-refractivity contribution is 5.91. The van der Waals surface area contributed by atoms with Crippen LogP contribution < -0.4 is 5.32 Å². The fourth-order valence-corrected chi connectivity index (χ4v) is 2.45. The largest absolute Gasteiger partial charge is 0.381 e. The molecule has 1 saturated heterocycles. The number of ether oxygens (including phenoxy) is 1. The van der Waals surface area contributed by atoms with E-state index in [0.717, 1.165) is 32.4 Å². The van der Waals surface area contributed by atoms with Crippen LogP contribution in [-0.2, 0) is 9.53 Å². The monoisotopic (exact) mass is 196 g/mol. The molecule has 0 aromatic rings. The van der Waals surface area contributed by atoms with Crippen molar-refractivity contribution in [1.29, 1.82) is 0 Å². The minimum Gasteiger partial charge on any atom is -0.381 e. The van der Waals surface area contributed by atoms with Gasteiger partial charge in [0.15, 0.2) is 0 Å². The summed E-state index contributed by atoms with van der Waals surface area (Å²) in [6.45, 7) is 0.750. The van der Waals surface area contributed by atoms with E-state index in [1.807, 2.05) is 4.90 Å². The Balaban J connectivity index is 1.62. The Morgan fingerprint density at radius 1 is 1.50 bits per heavy atom. The second-order valence-corrected chi connectivity index (χ2v) is 4.67. The minimum absolute atomic E-state index is 0.127. The Kier molecular flexibility index (Phi) is 1.67. The van der Waals surface area contributed by atoms with E-state index < -0.39 is 0 Å². The molecule has 2 saturated carbocycles. The van der Waals surface area contributed by atoms with Crippen LogP contribution in [0.2, 0.25) is 0 Å². The summed E-state index contributed by atoms with van der Waals surface area (Å²) < 4.78 is 5.22. The molecule has 3 rings (SSSR count). The maximum absolute atomic E-state index is 11.9. The summed E-state index contributed by atoms with van der Waals surface area (Å²) in [5.74, 6) is 0.331. The van der Waals surface area contributed by atoms with E-state index in [1.54, 1.807) is 7.11 Å². The highest BCUT2D eigenvalue weighted by Crippen LogP contribution is 2.42. The molecule has 3 aliphatic rings. The van der Waals surface area contributed by atoms with Crippen LogP contribution in [0, 0.1) is 0 Å². The fourth-order valence-electron chi connectivity index (χ4n) is 2.45. The van der Waals surface area contributed by atoms with Crippen molar-refractivity contribution in [3.8, 4) is 0 Å². The van der Waals surface area contributed by atoms with E-state index in [2.05, 4.69) is 5.32 Å². The Labute approximate surface area is 83.6 Å². The number of nitrogens with zero attached hydrogens (tertiary/aromatic N) is 1. The number of amides is 1. The first-order chi connectivity index (χ1) is 6.75. The van der Waals surface area contributed by atoms with Gasteiger partial charge in [0.25, 0.3) is 0 Å². The first-order valence-electron chi connectivity index (χ1n) is 5.34. The Morgan fingerprint density at radius 2 is 2.21 bits per heavy atom. The molecule has 0 unspecified atom stereocenters. The van der Waals surface area contributed by atoms with Crippen LogP contribution >= 0.6 is 0 Å². The zero-order chi connectivity index (χ0) is 9.76. The summed E-state index contributed by atoms with van der Waals surface area (Å²) in [7, 11) is 1.74. The van der Waals surface area contributed by atoms with Crippen molar-refractivity contribution in [3.05, 3.63) is 0 Å². The molecule has 0 aromatic carbocycles. The number of nitrogens with one attached hydrogen (secondary N) is 1. The van der Waals surface area contributed by atoms with E-state index in [9.17, 15) is 4.79 Å². The van der Waals surface area contributed by atoms with E-state index in [-0.39, 0.29) is 5.54 Å². The number of carbonyl (C=O) groups is 1. The summed E-state index contributed by atoms with van der Waals surface area (Å²) in [5.41, 5.74) is -0.127. The molecule has 0 bridgehead atoms. The number of hydrogen-bond acceptors (Lipinski definition) is 3. The molecular weight excluding hydrogens is 180 g/mol. The molecule has 1 N–H and O–H groups in total. The van der Waals surface area contributed by atoms with Gasteiger partial charge in [-0.05, 0) is 25.7 Å². The lowest BCUT2D eigenvalue weighted by atomic mass is 9.88. The van der Waals surface area contributed by atoms with Gasteiger partial charge in [-0.15, -0.1) is 0 Å². The molecule has 14 heavy (non-hydrogen) atoms. The molecule has 1 heterocycles. The normalized spacial score (nSPS) is 38.9. The van der Waals surface area contributed by atoms with Crippen LogP contribution in [0.1, 0.15) is 25.7 Å². The first kappa shape index (κ1) is 8.68. The Bertz CT molecular complexity index is 269. The zero-order valence-electron chi connectivity index (χ0n) is 8.45. The van der Waals surface area contributed by atoms with E-state index in [0.29, 0.717) is 18.1 Å². The average Bonchev–Trinajstić information content (AvgIpc) is 2.82. The van der Waals surface area contributed by atoms with Gasteiger partial charge in [0, 0.05) is 13.2 Å². The van der Waals surface area contributed by atoms with Crippen molar-refractivity contribution in [3.63, 3.8) is 0 Å².